The number of carbonyl (C=O) groups is 1. The Hall–Kier alpha value is -0.570. The van der Waals surface area contributed by atoms with E-state index in [0.717, 1.165) is 19.3 Å². The summed E-state index contributed by atoms with van der Waals surface area (Å²) in [6.07, 6.45) is 3.77. The Kier molecular flexibility index (Phi) is 5.71. The van der Waals surface area contributed by atoms with E-state index >= 15 is 0 Å². The third kappa shape index (κ3) is 4.88. The summed E-state index contributed by atoms with van der Waals surface area (Å²) in [6, 6.07) is 0. The zero-order chi connectivity index (χ0) is 10.3. The van der Waals surface area contributed by atoms with Crippen molar-refractivity contribution in [2.24, 2.45) is 5.73 Å². The molecule has 78 valence electrons. The van der Waals surface area contributed by atoms with Crippen LogP contribution in [-0.2, 0) is 9.53 Å². The minimum Gasteiger partial charge on any atom is -0.464 e. The maximum absolute atomic E-state index is 11.3. The van der Waals surface area contributed by atoms with Gasteiger partial charge in [-0.05, 0) is 19.8 Å². The molecule has 0 bridgehead atoms. The highest BCUT2D eigenvalue weighted by Crippen LogP contribution is 2.07. The predicted octanol–water partition coefficient (Wildman–Crippen LogP) is 1.85. The van der Waals surface area contributed by atoms with E-state index in [0.29, 0.717) is 13.0 Å². The third-order valence-corrected chi connectivity index (χ3v) is 2.18. The molecule has 0 aromatic carbocycles. The molecule has 0 radical (unpaired) electrons. The zero-order valence-electron chi connectivity index (χ0n) is 8.93. The van der Waals surface area contributed by atoms with E-state index in [1.54, 1.807) is 6.92 Å². The van der Waals surface area contributed by atoms with Crippen LogP contribution >= 0.6 is 0 Å². The Morgan fingerprint density at radius 3 is 2.46 bits per heavy atom. The van der Waals surface area contributed by atoms with E-state index in [4.69, 9.17) is 10.5 Å². The largest absolute Gasteiger partial charge is 0.464 e. The Morgan fingerprint density at radius 2 is 2.00 bits per heavy atom. The quantitative estimate of drug-likeness (QED) is 0.510. The van der Waals surface area contributed by atoms with Gasteiger partial charge in [0.25, 0.3) is 0 Å². The smallest absolute Gasteiger partial charge is 0.325 e. The number of ether oxygens (including phenoxy) is 1. The van der Waals surface area contributed by atoms with E-state index in [1.165, 1.54) is 0 Å². The van der Waals surface area contributed by atoms with Gasteiger partial charge in [-0.1, -0.05) is 26.7 Å². The summed E-state index contributed by atoms with van der Waals surface area (Å²) in [5, 5.41) is 0. The average molecular weight is 187 g/mol. The zero-order valence-corrected chi connectivity index (χ0v) is 8.93. The van der Waals surface area contributed by atoms with Gasteiger partial charge in [-0.15, -0.1) is 0 Å². The fourth-order valence-electron chi connectivity index (χ4n) is 0.826. The Labute approximate surface area is 80.6 Å². The molecule has 0 saturated heterocycles. The molecule has 13 heavy (non-hydrogen) atoms. The summed E-state index contributed by atoms with van der Waals surface area (Å²) in [5.74, 6) is -0.286. The molecular weight excluding hydrogens is 166 g/mol. The van der Waals surface area contributed by atoms with Gasteiger partial charge in [-0.2, -0.15) is 0 Å². The molecule has 0 saturated carbocycles. The van der Waals surface area contributed by atoms with Gasteiger partial charge in [0.1, 0.15) is 5.54 Å². The number of nitrogens with two attached hydrogens (primary N) is 1. The van der Waals surface area contributed by atoms with Crippen molar-refractivity contribution in [3.8, 4) is 0 Å². The lowest BCUT2D eigenvalue weighted by molar-refractivity contribution is -0.149. The van der Waals surface area contributed by atoms with Crippen LogP contribution in [0.1, 0.15) is 46.5 Å². The first-order chi connectivity index (χ1) is 6.04. The molecule has 0 aliphatic rings. The van der Waals surface area contributed by atoms with Crippen LogP contribution in [0.15, 0.2) is 0 Å². The van der Waals surface area contributed by atoms with Gasteiger partial charge in [-0.3, -0.25) is 4.79 Å². The fraction of sp³-hybridized carbons (Fsp3) is 0.900. The highest BCUT2D eigenvalue weighted by molar-refractivity contribution is 5.79. The van der Waals surface area contributed by atoms with Crippen molar-refractivity contribution in [2.75, 3.05) is 6.61 Å². The first kappa shape index (κ1) is 12.4. The second-order valence-corrected chi connectivity index (χ2v) is 3.61. The maximum atomic E-state index is 11.3. The van der Waals surface area contributed by atoms with Crippen molar-refractivity contribution in [3.63, 3.8) is 0 Å². The standard InChI is InChI=1S/C10H21NO2/c1-4-6-7-8-13-9(12)10(3,11)5-2/h4-8,11H2,1-3H3. The molecule has 1 unspecified atom stereocenters. The number of carbonyl (C=O) groups excluding carboxylic acids is 1. The van der Waals surface area contributed by atoms with Gasteiger partial charge >= 0.3 is 5.97 Å². The van der Waals surface area contributed by atoms with E-state index in [2.05, 4.69) is 6.92 Å². The van der Waals surface area contributed by atoms with Crippen LogP contribution in [0.4, 0.5) is 0 Å². The topological polar surface area (TPSA) is 52.3 Å². The molecule has 0 aliphatic heterocycles. The predicted molar refractivity (Wildman–Crippen MR) is 53.4 cm³/mol. The second kappa shape index (κ2) is 5.97. The SMILES string of the molecule is CCCCCOC(=O)C(C)(N)CC. The van der Waals surface area contributed by atoms with Crippen molar-refractivity contribution in [1.82, 2.24) is 0 Å². The van der Waals surface area contributed by atoms with Gasteiger partial charge < -0.3 is 10.5 Å². The van der Waals surface area contributed by atoms with Crippen LogP contribution < -0.4 is 5.73 Å². The van der Waals surface area contributed by atoms with E-state index in [-0.39, 0.29) is 5.97 Å². The van der Waals surface area contributed by atoms with E-state index in [9.17, 15) is 4.79 Å². The number of esters is 1. The highest BCUT2D eigenvalue weighted by atomic mass is 16.5. The molecule has 2 N–H and O–H groups in total. The van der Waals surface area contributed by atoms with Crippen LogP contribution in [0, 0.1) is 0 Å². The van der Waals surface area contributed by atoms with Gasteiger partial charge in [-0.25, -0.2) is 0 Å². The normalized spacial score (nSPS) is 15.1. The molecule has 0 aromatic heterocycles. The third-order valence-electron chi connectivity index (χ3n) is 2.18. The van der Waals surface area contributed by atoms with Crippen molar-refractivity contribution in [3.05, 3.63) is 0 Å². The summed E-state index contributed by atoms with van der Waals surface area (Å²) in [4.78, 5) is 11.3. The lowest BCUT2D eigenvalue weighted by atomic mass is 10.0. The maximum Gasteiger partial charge on any atom is 0.325 e. The molecule has 0 aliphatic carbocycles. The fourth-order valence-corrected chi connectivity index (χ4v) is 0.826. The molecule has 3 heteroatoms. The number of hydrogen-bond donors (Lipinski definition) is 1. The molecule has 0 heterocycles. The summed E-state index contributed by atoms with van der Waals surface area (Å²) < 4.78 is 5.04. The van der Waals surface area contributed by atoms with Crippen LogP contribution in [0.2, 0.25) is 0 Å². The summed E-state index contributed by atoms with van der Waals surface area (Å²) in [5.41, 5.74) is 4.89. The lowest BCUT2D eigenvalue weighted by Crippen LogP contribution is -2.45. The van der Waals surface area contributed by atoms with Crippen molar-refractivity contribution >= 4 is 5.97 Å². The van der Waals surface area contributed by atoms with Crippen molar-refractivity contribution in [1.29, 1.82) is 0 Å². The van der Waals surface area contributed by atoms with Crippen molar-refractivity contribution in [2.45, 2.75) is 52.0 Å². The molecular formula is C10H21NO2. The number of unbranched alkanes of at least 4 members (excludes halogenated alkanes) is 2. The summed E-state index contributed by atoms with van der Waals surface area (Å²) in [7, 11) is 0. The van der Waals surface area contributed by atoms with Crippen LogP contribution in [0.25, 0.3) is 0 Å². The van der Waals surface area contributed by atoms with Gasteiger partial charge in [0.15, 0.2) is 0 Å². The Morgan fingerprint density at radius 1 is 1.38 bits per heavy atom. The number of rotatable bonds is 6. The molecule has 0 rings (SSSR count). The first-order valence-corrected chi connectivity index (χ1v) is 5.00. The molecule has 0 aromatic rings. The lowest BCUT2D eigenvalue weighted by Gasteiger charge is -2.20. The minimum atomic E-state index is -0.813. The molecule has 3 nitrogen and oxygen atoms in total. The average Bonchev–Trinajstić information content (AvgIpc) is 2.12. The van der Waals surface area contributed by atoms with Crippen LogP contribution in [0.5, 0.6) is 0 Å². The van der Waals surface area contributed by atoms with Gasteiger partial charge in [0.05, 0.1) is 6.61 Å². The minimum absolute atomic E-state index is 0.286. The Balaban J connectivity index is 3.62. The van der Waals surface area contributed by atoms with E-state index < -0.39 is 5.54 Å². The first-order valence-electron chi connectivity index (χ1n) is 5.00. The Bertz CT molecular complexity index is 155. The monoisotopic (exact) mass is 187 g/mol. The molecule has 0 spiro atoms. The molecule has 0 fully saturated rings. The summed E-state index contributed by atoms with van der Waals surface area (Å²) in [6.45, 7) is 6.20. The second-order valence-electron chi connectivity index (χ2n) is 3.61. The highest BCUT2D eigenvalue weighted by Gasteiger charge is 2.27. The van der Waals surface area contributed by atoms with E-state index in [1.807, 2.05) is 6.92 Å². The molecule has 1 atom stereocenters. The van der Waals surface area contributed by atoms with Gasteiger partial charge in [0.2, 0.25) is 0 Å². The van der Waals surface area contributed by atoms with Crippen LogP contribution in [0.3, 0.4) is 0 Å². The summed E-state index contributed by atoms with van der Waals surface area (Å²) >= 11 is 0. The van der Waals surface area contributed by atoms with Crippen molar-refractivity contribution < 1.29 is 9.53 Å². The van der Waals surface area contributed by atoms with Gasteiger partial charge in [0, 0.05) is 0 Å². The van der Waals surface area contributed by atoms with Crippen LogP contribution in [-0.4, -0.2) is 18.1 Å². The number of hydrogen-bond acceptors (Lipinski definition) is 3. The molecule has 0 amide bonds.